The fraction of sp³-hybridized carbons (Fsp3) is 0.355. The molecule has 1 spiro atoms. The molecule has 1 aliphatic carbocycles. The molecule has 0 unspecified atom stereocenters. The number of nitrogens with zero attached hydrogens (tertiary/aromatic N) is 2. The van der Waals surface area contributed by atoms with Crippen molar-refractivity contribution in [3.8, 4) is 11.1 Å². The van der Waals surface area contributed by atoms with Crippen molar-refractivity contribution in [3.63, 3.8) is 0 Å². The van der Waals surface area contributed by atoms with Gasteiger partial charge in [-0.15, -0.1) is 0 Å². The first-order valence-electron chi connectivity index (χ1n) is 13.4. The lowest BCUT2D eigenvalue weighted by molar-refractivity contribution is -0.000987. The Bertz CT molecular complexity index is 1440. The standard InChI is InChI=1S/C31H30F2N2O4/c1-19-14-20(15-25(21-2-3-21)28(19)23-6-9-26(32)27(33)16-23)17-34-12-10-31(11-13-34)18-35(30(38)39-31)24-7-4-22(5-8-24)29(36)37/h4-9,14-16,21H,2-3,10-13,17-18H2,1H3,(H,36,37). The first-order valence-corrected chi connectivity index (χ1v) is 13.4. The predicted octanol–water partition coefficient (Wildman–Crippen LogP) is 6.51. The molecule has 0 aromatic heterocycles. The highest BCUT2D eigenvalue weighted by atomic mass is 19.2. The second-order valence-corrected chi connectivity index (χ2v) is 11.0. The van der Waals surface area contributed by atoms with Crippen molar-refractivity contribution < 1.29 is 28.2 Å². The summed E-state index contributed by atoms with van der Waals surface area (Å²) in [6, 6.07) is 14.8. The average Bonchev–Trinajstić information content (AvgIpc) is 3.71. The third kappa shape index (κ3) is 5.01. The second-order valence-electron chi connectivity index (χ2n) is 11.0. The summed E-state index contributed by atoms with van der Waals surface area (Å²) >= 11 is 0. The number of ether oxygens (including phenoxy) is 1. The van der Waals surface area contributed by atoms with E-state index in [2.05, 4.69) is 17.0 Å². The molecule has 3 fully saturated rings. The number of aryl methyl sites for hydroxylation is 1. The third-order valence-electron chi connectivity index (χ3n) is 8.22. The Morgan fingerprint density at radius 1 is 1.03 bits per heavy atom. The van der Waals surface area contributed by atoms with Crippen LogP contribution in [0.5, 0.6) is 0 Å². The van der Waals surface area contributed by atoms with E-state index in [1.807, 2.05) is 6.92 Å². The molecule has 3 aromatic carbocycles. The summed E-state index contributed by atoms with van der Waals surface area (Å²) < 4.78 is 33.5. The van der Waals surface area contributed by atoms with Gasteiger partial charge in [0.15, 0.2) is 11.6 Å². The smallest absolute Gasteiger partial charge is 0.415 e. The van der Waals surface area contributed by atoms with Crippen molar-refractivity contribution in [3.05, 3.63) is 88.5 Å². The average molecular weight is 533 g/mol. The van der Waals surface area contributed by atoms with E-state index in [1.165, 1.54) is 35.4 Å². The maximum atomic E-state index is 14.0. The van der Waals surface area contributed by atoms with E-state index < -0.39 is 29.3 Å². The van der Waals surface area contributed by atoms with E-state index >= 15 is 0 Å². The Labute approximate surface area is 225 Å². The number of aromatic carboxylic acids is 1. The highest BCUT2D eigenvalue weighted by Crippen LogP contribution is 2.46. The summed E-state index contributed by atoms with van der Waals surface area (Å²) in [5, 5.41) is 9.13. The number of anilines is 1. The quantitative estimate of drug-likeness (QED) is 0.392. The number of hydrogen-bond acceptors (Lipinski definition) is 4. The molecule has 0 atom stereocenters. The molecule has 202 valence electrons. The molecule has 1 amide bonds. The molecule has 1 saturated carbocycles. The summed E-state index contributed by atoms with van der Waals surface area (Å²) in [7, 11) is 0. The summed E-state index contributed by atoms with van der Waals surface area (Å²) in [6.45, 7) is 4.80. The van der Waals surface area contributed by atoms with Crippen LogP contribution in [0, 0.1) is 18.6 Å². The van der Waals surface area contributed by atoms with Gasteiger partial charge in [-0.1, -0.05) is 18.2 Å². The van der Waals surface area contributed by atoms with E-state index in [-0.39, 0.29) is 5.56 Å². The third-order valence-corrected chi connectivity index (χ3v) is 8.22. The number of piperidine rings is 1. The summed E-state index contributed by atoms with van der Waals surface area (Å²) in [6.07, 6.45) is 3.23. The van der Waals surface area contributed by atoms with Gasteiger partial charge in [0.1, 0.15) is 5.60 Å². The zero-order valence-electron chi connectivity index (χ0n) is 21.8. The van der Waals surface area contributed by atoms with E-state index in [1.54, 1.807) is 23.1 Å². The fourth-order valence-electron chi connectivity index (χ4n) is 5.99. The molecule has 8 heteroatoms. The predicted molar refractivity (Wildman–Crippen MR) is 143 cm³/mol. The van der Waals surface area contributed by atoms with E-state index in [9.17, 15) is 18.4 Å². The lowest BCUT2D eigenvalue weighted by Gasteiger charge is -2.37. The zero-order chi connectivity index (χ0) is 27.3. The highest BCUT2D eigenvalue weighted by Gasteiger charge is 2.47. The topological polar surface area (TPSA) is 70.1 Å². The molecule has 2 saturated heterocycles. The van der Waals surface area contributed by atoms with Gasteiger partial charge in [0.2, 0.25) is 0 Å². The Morgan fingerprint density at radius 3 is 2.38 bits per heavy atom. The summed E-state index contributed by atoms with van der Waals surface area (Å²) in [5.74, 6) is -2.22. The van der Waals surface area contributed by atoms with Crippen molar-refractivity contribution in [1.82, 2.24) is 4.90 Å². The number of amides is 1. The van der Waals surface area contributed by atoms with Gasteiger partial charge < -0.3 is 9.84 Å². The number of carboxylic acids is 1. The lowest BCUT2D eigenvalue weighted by Crippen LogP contribution is -2.46. The molecule has 1 N–H and O–H groups in total. The van der Waals surface area contributed by atoms with Crippen LogP contribution in [0.4, 0.5) is 19.3 Å². The van der Waals surface area contributed by atoms with Gasteiger partial charge >= 0.3 is 12.1 Å². The Morgan fingerprint density at radius 2 is 1.74 bits per heavy atom. The number of hydrogen-bond donors (Lipinski definition) is 1. The molecular formula is C31H30F2N2O4. The SMILES string of the molecule is Cc1cc(CN2CCC3(CC2)CN(c2ccc(C(=O)O)cc2)C(=O)O3)cc(C2CC2)c1-c1ccc(F)c(F)c1. The molecule has 3 aromatic rings. The molecule has 2 heterocycles. The molecule has 6 rings (SSSR count). The van der Waals surface area contributed by atoms with Gasteiger partial charge in [0.05, 0.1) is 12.1 Å². The maximum absolute atomic E-state index is 14.0. The van der Waals surface area contributed by atoms with Crippen LogP contribution >= 0.6 is 0 Å². The number of carbonyl (C=O) groups is 2. The highest BCUT2D eigenvalue weighted by molar-refractivity contribution is 5.92. The summed E-state index contributed by atoms with van der Waals surface area (Å²) in [5.41, 5.74) is 5.44. The first-order chi connectivity index (χ1) is 18.7. The molecule has 2 aliphatic heterocycles. The van der Waals surface area contributed by atoms with Crippen LogP contribution in [-0.2, 0) is 11.3 Å². The summed E-state index contributed by atoms with van der Waals surface area (Å²) in [4.78, 5) is 27.8. The Kier molecular flexibility index (Phi) is 6.38. The van der Waals surface area contributed by atoms with Crippen molar-refractivity contribution in [2.24, 2.45) is 0 Å². The molecular weight excluding hydrogens is 502 g/mol. The van der Waals surface area contributed by atoms with Gasteiger partial charge in [-0.25, -0.2) is 18.4 Å². The van der Waals surface area contributed by atoms with Crippen LogP contribution in [0.15, 0.2) is 54.6 Å². The monoisotopic (exact) mass is 532 g/mol. The number of carboxylic acid groups (broad SMARTS) is 1. The van der Waals surface area contributed by atoms with Crippen LogP contribution in [0.25, 0.3) is 11.1 Å². The van der Waals surface area contributed by atoms with Gasteiger partial charge in [0, 0.05) is 38.2 Å². The number of halogens is 2. The number of carbonyl (C=O) groups excluding carboxylic acids is 1. The first kappa shape index (κ1) is 25.5. The zero-order valence-corrected chi connectivity index (χ0v) is 21.8. The van der Waals surface area contributed by atoms with Crippen molar-refractivity contribution >= 4 is 17.7 Å². The maximum Gasteiger partial charge on any atom is 0.415 e. The van der Waals surface area contributed by atoms with Crippen molar-refractivity contribution in [1.29, 1.82) is 0 Å². The van der Waals surface area contributed by atoms with Gasteiger partial charge in [-0.3, -0.25) is 9.80 Å². The number of benzene rings is 3. The number of likely N-dealkylation sites (tertiary alicyclic amines) is 1. The minimum Gasteiger partial charge on any atom is -0.478 e. The molecule has 0 radical (unpaired) electrons. The van der Waals surface area contributed by atoms with E-state index in [0.717, 1.165) is 43.6 Å². The number of rotatable bonds is 6. The molecule has 39 heavy (non-hydrogen) atoms. The largest absolute Gasteiger partial charge is 0.478 e. The van der Waals surface area contributed by atoms with Gasteiger partial charge in [0.25, 0.3) is 0 Å². The van der Waals surface area contributed by atoms with Gasteiger partial charge in [-0.2, -0.15) is 0 Å². The normalized spacial score (nSPS) is 18.9. The van der Waals surface area contributed by atoms with Crippen LogP contribution in [-0.4, -0.2) is 47.3 Å². The van der Waals surface area contributed by atoms with Crippen LogP contribution in [0.2, 0.25) is 0 Å². The van der Waals surface area contributed by atoms with E-state index in [4.69, 9.17) is 9.84 Å². The van der Waals surface area contributed by atoms with Crippen molar-refractivity contribution in [2.45, 2.75) is 50.7 Å². The van der Waals surface area contributed by atoms with Crippen LogP contribution in [0.1, 0.15) is 58.6 Å². The van der Waals surface area contributed by atoms with Crippen molar-refractivity contribution in [2.75, 3.05) is 24.5 Å². The lowest BCUT2D eigenvalue weighted by atomic mass is 9.89. The minimum absolute atomic E-state index is 0.173. The van der Waals surface area contributed by atoms with Crippen LogP contribution in [0.3, 0.4) is 0 Å². The minimum atomic E-state index is -1.01. The Hall–Kier alpha value is -3.78. The molecule has 6 nitrogen and oxygen atoms in total. The van der Waals surface area contributed by atoms with Crippen LogP contribution < -0.4 is 4.90 Å². The second kappa shape index (κ2) is 9.75. The molecule has 3 aliphatic rings. The molecule has 0 bridgehead atoms. The Balaban J connectivity index is 1.14. The van der Waals surface area contributed by atoms with Gasteiger partial charge in [-0.05, 0) is 89.9 Å². The fourth-order valence-corrected chi connectivity index (χ4v) is 5.99. The van der Waals surface area contributed by atoms with E-state index in [0.29, 0.717) is 36.6 Å².